The van der Waals surface area contributed by atoms with Crippen LogP contribution in [0.1, 0.15) is 36.8 Å². The predicted octanol–water partition coefficient (Wildman–Crippen LogP) is 4.16. The number of ketones is 1. The minimum Gasteiger partial charge on any atom is -0.507 e. The molecule has 1 aliphatic heterocycles. The Kier molecular flexibility index (Phi) is 7.51. The molecule has 0 spiro atoms. The summed E-state index contributed by atoms with van der Waals surface area (Å²) in [5.74, 6) is -0.245. The van der Waals surface area contributed by atoms with Crippen LogP contribution in [0.15, 0.2) is 47.4 Å². The van der Waals surface area contributed by atoms with E-state index in [0.29, 0.717) is 30.4 Å². The molecule has 1 fully saturated rings. The highest BCUT2D eigenvalue weighted by molar-refractivity contribution is 7.10. The van der Waals surface area contributed by atoms with Gasteiger partial charge in [0.1, 0.15) is 11.5 Å². The Bertz CT molecular complexity index is 933. The molecular formula is C24H30N2O4S. The van der Waals surface area contributed by atoms with Crippen molar-refractivity contribution < 1.29 is 19.4 Å². The van der Waals surface area contributed by atoms with E-state index in [1.54, 1.807) is 29.2 Å². The van der Waals surface area contributed by atoms with Crippen LogP contribution in [-0.4, -0.2) is 60.4 Å². The summed E-state index contributed by atoms with van der Waals surface area (Å²) < 4.78 is 5.70. The normalized spacial score (nSPS) is 18.4. The standard InChI is InChI=1S/C24H30N2O4S/c1-16(2)15-30-18-10-8-17(9-11-18)22(27)20-21(19-7-5-14-31-19)26(24(29)23(20)28)13-6-12-25(3)4/h5,7-11,14,16,21,27H,6,12-13,15H2,1-4H3/b22-20+/t21-/m1/s1. The van der Waals surface area contributed by atoms with E-state index in [4.69, 9.17) is 4.74 Å². The molecule has 2 heterocycles. The average Bonchev–Trinajstić information content (AvgIpc) is 3.34. The van der Waals surface area contributed by atoms with Gasteiger partial charge in [0.2, 0.25) is 0 Å². The van der Waals surface area contributed by atoms with Crippen LogP contribution in [0, 0.1) is 5.92 Å². The monoisotopic (exact) mass is 442 g/mol. The molecule has 1 aromatic carbocycles. The van der Waals surface area contributed by atoms with Crippen molar-refractivity contribution in [1.29, 1.82) is 0 Å². The highest BCUT2D eigenvalue weighted by Crippen LogP contribution is 2.41. The van der Waals surface area contributed by atoms with Crippen LogP contribution in [0.3, 0.4) is 0 Å². The Labute approximate surface area is 187 Å². The summed E-state index contributed by atoms with van der Waals surface area (Å²) in [5, 5.41) is 13.0. The topological polar surface area (TPSA) is 70.1 Å². The van der Waals surface area contributed by atoms with Crippen LogP contribution in [0.5, 0.6) is 5.75 Å². The molecule has 166 valence electrons. The van der Waals surface area contributed by atoms with Crippen LogP contribution < -0.4 is 4.74 Å². The van der Waals surface area contributed by atoms with Gasteiger partial charge < -0.3 is 19.6 Å². The summed E-state index contributed by atoms with van der Waals surface area (Å²) in [7, 11) is 3.94. The van der Waals surface area contributed by atoms with Crippen molar-refractivity contribution in [2.75, 3.05) is 33.8 Å². The van der Waals surface area contributed by atoms with Crippen molar-refractivity contribution in [2.24, 2.45) is 5.92 Å². The summed E-state index contributed by atoms with van der Waals surface area (Å²) in [4.78, 5) is 30.3. The number of thiophene rings is 1. The second kappa shape index (κ2) is 10.1. The van der Waals surface area contributed by atoms with Gasteiger partial charge in [-0.05, 0) is 68.7 Å². The summed E-state index contributed by atoms with van der Waals surface area (Å²) in [6.07, 6.45) is 0.740. The van der Waals surface area contributed by atoms with Crippen LogP contribution in [0.25, 0.3) is 5.76 Å². The third-order valence-electron chi connectivity index (χ3n) is 5.07. The second-order valence-corrected chi connectivity index (χ2v) is 9.37. The number of hydrogen-bond acceptors (Lipinski definition) is 6. The fraction of sp³-hybridized carbons (Fsp3) is 0.417. The van der Waals surface area contributed by atoms with Gasteiger partial charge in [-0.15, -0.1) is 11.3 Å². The minimum absolute atomic E-state index is 0.146. The number of nitrogens with zero attached hydrogens (tertiary/aromatic N) is 2. The smallest absolute Gasteiger partial charge is 0.295 e. The number of aliphatic hydroxyl groups excluding tert-OH is 1. The number of benzene rings is 1. The number of amides is 1. The first-order chi connectivity index (χ1) is 14.8. The van der Waals surface area contributed by atoms with Gasteiger partial charge in [-0.1, -0.05) is 19.9 Å². The number of rotatable bonds is 9. The number of ether oxygens (including phenoxy) is 1. The van der Waals surface area contributed by atoms with Crippen molar-refractivity contribution in [1.82, 2.24) is 9.80 Å². The van der Waals surface area contributed by atoms with Crippen LogP contribution in [0.4, 0.5) is 0 Å². The summed E-state index contributed by atoms with van der Waals surface area (Å²) in [6.45, 7) is 5.99. The number of aliphatic hydroxyl groups is 1. The van der Waals surface area contributed by atoms with E-state index in [1.807, 2.05) is 36.5 Å². The van der Waals surface area contributed by atoms with Gasteiger partial charge in [-0.3, -0.25) is 9.59 Å². The van der Waals surface area contributed by atoms with Crippen LogP contribution >= 0.6 is 11.3 Å². The minimum atomic E-state index is -0.638. The van der Waals surface area contributed by atoms with E-state index < -0.39 is 17.7 Å². The first-order valence-electron chi connectivity index (χ1n) is 10.5. The van der Waals surface area contributed by atoms with E-state index in [9.17, 15) is 14.7 Å². The molecule has 1 aromatic heterocycles. The molecule has 7 heteroatoms. The van der Waals surface area contributed by atoms with E-state index in [-0.39, 0.29) is 11.3 Å². The molecule has 0 unspecified atom stereocenters. The Balaban J connectivity index is 1.93. The lowest BCUT2D eigenvalue weighted by Crippen LogP contribution is -2.32. The number of hydrogen-bond donors (Lipinski definition) is 1. The fourth-order valence-corrected chi connectivity index (χ4v) is 4.38. The highest BCUT2D eigenvalue weighted by atomic mass is 32.1. The Morgan fingerprint density at radius 1 is 1.19 bits per heavy atom. The molecule has 0 radical (unpaired) electrons. The first-order valence-corrected chi connectivity index (χ1v) is 11.4. The van der Waals surface area contributed by atoms with E-state index in [1.165, 1.54) is 11.3 Å². The molecule has 1 saturated heterocycles. The van der Waals surface area contributed by atoms with Crippen LogP contribution in [0.2, 0.25) is 0 Å². The largest absolute Gasteiger partial charge is 0.507 e. The highest BCUT2D eigenvalue weighted by Gasteiger charge is 2.46. The second-order valence-electron chi connectivity index (χ2n) is 8.39. The van der Waals surface area contributed by atoms with Crippen molar-refractivity contribution in [3.05, 3.63) is 57.8 Å². The average molecular weight is 443 g/mol. The van der Waals surface area contributed by atoms with Crippen molar-refractivity contribution in [3.8, 4) is 5.75 Å². The van der Waals surface area contributed by atoms with Gasteiger partial charge >= 0.3 is 0 Å². The molecule has 1 aliphatic rings. The maximum atomic E-state index is 12.9. The zero-order valence-electron chi connectivity index (χ0n) is 18.5. The molecule has 3 rings (SSSR count). The first kappa shape index (κ1) is 23.0. The molecule has 1 atom stereocenters. The number of carbonyl (C=O) groups excluding carboxylic acids is 2. The van der Waals surface area contributed by atoms with Gasteiger partial charge in [0, 0.05) is 17.0 Å². The SMILES string of the molecule is CC(C)COc1ccc(/C(O)=C2\C(=O)C(=O)N(CCCN(C)C)[C@@H]2c2cccs2)cc1. The van der Waals surface area contributed by atoms with Crippen molar-refractivity contribution >= 4 is 28.8 Å². The van der Waals surface area contributed by atoms with Gasteiger partial charge in [-0.2, -0.15) is 0 Å². The summed E-state index contributed by atoms with van der Waals surface area (Å²) in [5.41, 5.74) is 0.637. The lowest BCUT2D eigenvalue weighted by Gasteiger charge is -2.24. The quantitative estimate of drug-likeness (QED) is 0.359. The van der Waals surface area contributed by atoms with Gasteiger partial charge in [0.25, 0.3) is 11.7 Å². The maximum Gasteiger partial charge on any atom is 0.295 e. The molecule has 6 nitrogen and oxygen atoms in total. The molecule has 1 N–H and O–H groups in total. The third kappa shape index (κ3) is 5.35. The zero-order valence-corrected chi connectivity index (χ0v) is 19.3. The molecule has 2 aromatic rings. The summed E-state index contributed by atoms with van der Waals surface area (Å²) in [6, 6.07) is 10.2. The van der Waals surface area contributed by atoms with E-state index in [2.05, 4.69) is 13.8 Å². The molecular weight excluding hydrogens is 412 g/mol. The van der Waals surface area contributed by atoms with E-state index in [0.717, 1.165) is 17.8 Å². The van der Waals surface area contributed by atoms with Gasteiger partial charge in [0.15, 0.2) is 0 Å². The van der Waals surface area contributed by atoms with Crippen molar-refractivity contribution in [3.63, 3.8) is 0 Å². The summed E-state index contributed by atoms with van der Waals surface area (Å²) >= 11 is 1.47. The molecule has 0 aliphatic carbocycles. The Morgan fingerprint density at radius 3 is 2.48 bits per heavy atom. The van der Waals surface area contributed by atoms with E-state index >= 15 is 0 Å². The molecule has 0 bridgehead atoms. The fourth-order valence-electron chi connectivity index (χ4n) is 3.54. The lowest BCUT2D eigenvalue weighted by molar-refractivity contribution is -0.139. The maximum absolute atomic E-state index is 12.9. The Morgan fingerprint density at radius 2 is 1.90 bits per heavy atom. The molecule has 0 saturated carbocycles. The van der Waals surface area contributed by atoms with Crippen LogP contribution in [-0.2, 0) is 9.59 Å². The zero-order chi connectivity index (χ0) is 22.5. The number of likely N-dealkylation sites (tertiary alicyclic amines) is 1. The predicted molar refractivity (Wildman–Crippen MR) is 123 cm³/mol. The number of Topliss-reactive ketones (excluding diaryl/α,β-unsaturated/α-hetero) is 1. The third-order valence-corrected chi connectivity index (χ3v) is 5.99. The Hall–Kier alpha value is -2.64. The van der Waals surface area contributed by atoms with Crippen molar-refractivity contribution in [2.45, 2.75) is 26.3 Å². The molecule has 31 heavy (non-hydrogen) atoms. The molecule has 1 amide bonds. The van der Waals surface area contributed by atoms with Gasteiger partial charge in [-0.25, -0.2) is 0 Å². The number of carbonyl (C=O) groups is 2. The van der Waals surface area contributed by atoms with Gasteiger partial charge in [0.05, 0.1) is 18.2 Å². The lowest BCUT2D eigenvalue weighted by atomic mass is 10.00.